The summed E-state index contributed by atoms with van der Waals surface area (Å²) in [5, 5.41) is 2.89. The molecule has 1 N–H and O–H groups in total. The summed E-state index contributed by atoms with van der Waals surface area (Å²) in [6.45, 7) is 11.5. The molecule has 0 unspecified atom stereocenters. The third-order valence-electron chi connectivity index (χ3n) is 3.13. The molecule has 1 aromatic carbocycles. The van der Waals surface area contributed by atoms with Gasteiger partial charge < -0.3 is 14.8 Å². The van der Waals surface area contributed by atoms with Gasteiger partial charge in [0.2, 0.25) is 0 Å². The Labute approximate surface area is 144 Å². The number of benzene rings is 1. The summed E-state index contributed by atoms with van der Waals surface area (Å²) >= 11 is 0. The highest BCUT2D eigenvalue weighted by atomic mass is 16.6. The fourth-order valence-electron chi connectivity index (χ4n) is 2.36. The number of hydrogen-bond acceptors (Lipinski definition) is 4. The minimum atomic E-state index is -0.528. The summed E-state index contributed by atoms with van der Waals surface area (Å²) in [4.78, 5) is 23.5. The minimum Gasteiger partial charge on any atom is -0.466 e. The molecule has 1 rings (SSSR count). The zero-order chi connectivity index (χ0) is 18.4. The second-order valence-corrected chi connectivity index (χ2v) is 7.49. The Hall–Kier alpha value is -2.04. The summed E-state index contributed by atoms with van der Waals surface area (Å²) in [5.74, 6) is -0.235. The van der Waals surface area contributed by atoms with Gasteiger partial charge in [-0.05, 0) is 59.1 Å². The van der Waals surface area contributed by atoms with Crippen molar-refractivity contribution in [2.75, 3.05) is 6.61 Å². The minimum absolute atomic E-state index is 0.235. The van der Waals surface area contributed by atoms with Crippen molar-refractivity contribution >= 4 is 12.1 Å². The van der Waals surface area contributed by atoms with Crippen LogP contribution in [0.15, 0.2) is 24.3 Å². The van der Waals surface area contributed by atoms with Crippen LogP contribution >= 0.6 is 0 Å². The van der Waals surface area contributed by atoms with Crippen LogP contribution in [0.1, 0.15) is 52.7 Å². The molecule has 1 amide bonds. The van der Waals surface area contributed by atoms with Crippen molar-refractivity contribution in [3.8, 4) is 0 Å². The van der Waals surface area contributed by atoms with Crippen LogP contribution in [0.4, 0.5) is 4.79 Å². The molecular weight excluding hydrogens is 306 g/mol. The van der Waals surface area contributed by atoms with Crippen LogP contribution in [0.5, 0.6) is 0 Å². The number of nitrogens with one attached hydrogen (secondary N) is 1. The van der Waals surface area contributed by atoms with Crippen molar-refractivity contribution in [3.05, 3.63) is 35.4 Å². The molecule has 5 nitrogen and oxygen atoms in total. The van der Waals surface area contributed by atoms with E-state index < -0.39 is 17.2 Å². The number of carbonyl (C=O) groups is 2. The Balaban J connectivity index is 2.70. The highest BCUT2D eigenvalue weighted by Gasteiger charge is 2.25. The van der Waals surface area contributed by atoms with Crippen molar-refractivity contribution < 1.29 is 19.1 Å². The predicted molar refractivity (Wildman–Crippen MR) is 93.9 cm³/mol. The van der Waals surface area contributed by atoms with Gasteiger partial charge >= 0.3 is 12.1 Å². The molecule has 0 saturated heterocycles. The number of esters is 1. The van der Waals surface area contributed by atoms with E-state index in [-0.39, 0.29) is 12.4 Å². The van der Waals surface area contributed by atoms with Gasteiger partial charge in [-0.25, -0.2) is 4.79 Å². The summed E-state index contributed by atoms with van der Waals surface area (Å²) in [6, 6.07) is 7.75. The summed E-state index contributed by atoms with van der Waals surface area (Å²) in [5.41, 5.74) is 0.946. The third-order valence-corrected chi connectivity index (χ3v) is 3.13. The van der Waals surface area contributed by atoms with Gasteiger partial charge in [-0.1, -0.05) is 24.3 Å². The molecule has 24 heavy (non-hydrogen) atoms. The molecule has 0 atom stereocenters. The number of hydrogen-bond donors (Lipinski definition) is 1. The maximum absolute atomic E-state index is 12.0. The van der Waals surface area contributed by atoms with Crippen molar-refractivity contribution in [2.24, 2.45) is 0 Å². The molecule has 1 aromatic rings. The first-order valence-corrected chi connectivity index (χ1v) is 8.25. The molecule has 0 aliphatic rings. The molecule has 0 saturated carbocycles. The smallest absolute Gasteiger partial charge is 0.408 e. The first-order chi connectivity index (χ1) is 11.0. The molecule has 0 aliphatic carbocycles. The van der Waals surface area contributed by atoms with Gasteiger partial charge in [-0.3, -0.25) is 4.79 Å². The number of alkyl carbamates (subject to hydrolysis) is 1. The molecule has 134 valence electrons. The average molecular weight is 335 g/mol. The van der Waals surface area contributed by atoms with E-state index in [2.05, 4.69) is 5.32 Å². The predicted octanol–water partition coefficient (Wildman–Crippen LogP) is 3.64. The number of carbonyl (C=O) groups excluding carboxylic acids is 2. The maximum Gasteiger partial charge on any atom is 0.408 e. The number of rotatable bonds is 6. The lowest BCUT2D eigenvalue weighted by molar-refractivity contribution is -0.142. The largest absolute Gasteiger partial charge is 0.466 e. The van der Waals surface area contributed by atoms with Gasteiger partial charge in [-0.15, -0.1) is 0 Å². The van der Waals surface area contributed by atoms with Crippen LogP contribution in [0, 0.1) is 0 Å². The highest BCUT2D eigenvalue weighted by Crippen LogP contribution is 2.16. The lowest BCUT2D eigenvalue weighted by Gasteiger charge is -2.29. The lowest BCUT2D eigenvalue weighted by atomic mass is 9.93. The van der Waals surface area contributed by atoms with Crippen molar-refractivity contribution in [1.29, 1.82) is 0 Å². The SMILES string of the molecule is CCOC(=O)Cc1cccc(CC(C)(C)NC(=O)OC(C)(C)C)c1. The molecule has 0 radical (unpaired) electrons. The molecule has 0 aromatic heterocycles. The van der Waals surface area contributed by atoms with E-state index in [0.29, 0.717) is 13.0 Å². The van der Waals surface area contributed by atoms with Crippen LogP contribution < -0.4 is 5.32 Å². The van der Waals surface area contributed by atoms with Gasteiger partial charge in [-0.2, -0.15) is 0 Å². The first-order valence-electron chi connectivity index (χ1n) is 8.25. The van der Waals surface area contributed by atoms with Crippen molar-refractivity contribution in [3.63, 3.8) is 0 Å². The Kier molecular flexibility index (Phi) is 6.81. The summed E-state index contributed by atoms with van der Waals surface area (Å²) < 4.78 is 10.3. The lowest BCUT2D eigenvalue weighted by Crippen LogP contribution is -2.47. The van der Waals surface area contributed by atoms with Gasteiger partial charge in [0.05, 0.1) is 13.0 Å². The van der Waals surface area contributed by atoms with Gasteiger partial charge in [0.15, 0.2) is 0 Å². The number of ether oxygens (including phenoxy) is 2. The molecule has 5 heteroatoms. The van der Waals surface area contributed by atoms with E-state index in [1.54, 1.807) is 6.92 Å². The summed E-state index contributed by atoms with van der Waals surface area (Å²) in [6.07, 6.45) is 0.444. The van der Waals surface area contributed by atoms with E-state index in [1.807, 2.05) is 58.9 Å². The molecule has 0 fully saturated rings. The van der Waals surface area contributed by atoms with E-state index in [0.717, 1.165) is 11.1 Å². The third kappa shape index (κ3) is 7.99. The van der Waals surface area contributed by atoms with Crippen LogP contribution in [-0.2, 0) is 27.1 Å². The Bertz CT molecular complexity index is 573. The maximum atomic E-state index is 12.0. The number of amides is 1. The van der Waals surface area contributed by atoms with Crippen LogP contribution in [0.2, 0.25) is 0 Å². The monoisotopic (exact) mass is 335 g/mol. The van der Waals surface area contributed by atoms with E-state index in [9.17, 15) is 9.59 Å². The van der Waals surface area contributed by atoms with Crippen LogP contribution in [0.25, 0.3) is 0 Å². The second kappa shape index (κ2) is 8.18. The van der Waals surface area contributed by atoms with Crippen molar-refractivity contribution in [1.82, 2.24) is 5.32 Å². The van der Waals surface area contributed by atoms with Gasteiger partial charge in [0.25, 0.3) is 0 Å². The van der Waals surface area contributed by atoms with Gasteiger partial charge in [0.1, 0.15) is 5.60 Å². The standard InChI is InChI=1S/C19H29NO4/c1-7-23-16(21)12-14-9-8-10-15(11-14)13-19(5,6)20-17(22)24-18(2,3)4/h8-11H,7,12-13H2,1-6H3,(H,20,22). The zero-order valence-corrected chi connectivity index (χ0v) is 15.6. The fraction of sp³-hybridized carbons (Fsp3) is 0.579. The topological polar surface area (TPSA) is 64.6 Å². The first kappa shape index (κ1) is 20.0. The quantitative estimate of drug-likeness (QED) is 0.806. The Morgan fingerprint density at radius 3 is 2.29 bits per heavy atom. The normalized spacial score (nSPS) is 11.8. The van der Waals surface area contributed by atoms with E-state index in [4.69, 9.17) is 9.47 Å². The molecular formula is C19H29NO4. The second-order valence-electron chi connectivity index (χ2n) is 7.49. The highest BCUT2D eigenvalue weighted by molar-refractivity contribution is 5.72. The van der Waals surface area contributed by atoms with Crippen LogP contribution in [-0.4, -0.2) is 29.8 Å². The van der Waals surface area contributed by atoms with Crippen molar-refractivity contribution in [2.45, 2.75) is 65.5 Å². The molecule has 0 aliphatic heterocycles. The summed E-state index contributed by atoms with van der Waals surface area (Å²) in [7, 11) is 0. The van der Waals surface area contributed by atoms with Gasteiger partial charge in [0, 0.05) is 5.54 Å². The van der Waals surface area contributed by atoms with E-state index >= 15 is 0 Å². The Morgan fingerprint density at radius 2 is 1.71 bits per heavy atom. The average Bonchev–Trinajstić information content (AvgIpc) is 2.34. The molecule has 0 heterocycles. The Morgan fingerprint density at radius 1 is 1.08 bits per heavy atom. The zero-order valence-electron chi connectivity index (χ0n) is 15.6. The van der Waals surface area contributed by atoms with Crippen LogP contribution in [0.3, 0.4) is 0 Å². The molecule has 0 bridgehead atoms. The fourth-order valence-corrected chi connectivity index (χ4v) is 2.36. The van der Waals surface area contributed by atoms with E-state index in [1.165, 1.54) is 0 Å². The molecule has 0 spiro atoms.